The average molecular weight is 394 g/mol. The molecule has 2 rings (SSSR count). The van der Waals surface area contributed by atoms with Crippen molar-refractivity contribution in [1.82, 2.24) is 14.7 Å². The fourth-order valence-corrected chi connectivity index (χ4v) is 5.53. The summed E-state index contributed by atoms with van der Waals surface area (Å²) in [5.41, 5.74) is 0. The van der Waals surface area contributed by atoms with Gasteiger partial charge in [-0.05, 0) is 70.5 Å². The molecule has 0 radical (unpaired) electrons. The Kier molecular flexibility index (Phi) is 12.1. The lowest BCUT2D eigenvalue weighted by Gasteiger charge is -2.39. The number of piperazine rings is 1. The minimum absolute atomic E-state index is 0.849. The third-order valence-electron chi connectivity index (χ3n) is 7.08. The zero-order valence-electron chi connectivity index (χ0n) is 19.8. The van der Waals surface area contributed by atoms with Gasteiger partial charge in [0, 0.05) is 38.3 Å². The summed E-state index contributed by atoms with van der Waals surface area (Å²) in [4.78, 5) is 8.31. The van der Waals surface area contributed by atoms with E-state index < -0.39 is 0 Å². The Bertz CT molecular complexity index is 370. The van der Waals surface area contributed by atoms with Crippen LogP contribution in [0.3, 0.4) is 0 Å². The molecule has 0 bridgehead atoms. The van der Waals surface area contributed by atoms with Crippen molar-refractivity contribution >= 4 is 0 Å². The molecular weight excluding hydrogens is 342 g/mol. The van der Waals surface area contributed by atoms with Crippen molar-refractivity contribution in [1.29, 1.82) is 0 Å². The Morgan fingerprint density at radius 2 is 1.43 bits per heavy atom. The first-order valence-electron chi connectivity index (χ1n) is 12.8. The van der Waals surface area contributed by atoms with E-state index in [-0.39, 0.29) is 0 Å². The molecule has 3 nitrogen and oxygen atoms in total. The summed E-state index contributed by atoms with van der Waals surface area (Å²) >= 11 is 0. The van der Waals surface area contributed by atoms with E-state index >= 15 is 0 Å². The van der Waals surface area contributed by atoms with Crippen LogP contribution in [0.1, 0.15) is 98.3 Å². The van der Waals surface area contributed by atoms with E-state index in [0.717, 1.165) is 18.0 Å². The molecule has 1 atom stereocenters. The van der Waals surface area contributed by atoms with E-state index in [1.807, 2.05) is 0 Å². The average Bonchev–Trinajstić information content (AvgIpc) is 3.11. The second-order valence-electron chi connectivity index (χ2n) is 9.98. The lowest BCUT2D eigenvalue weighted by atomic mass is 10.0. The largest absolute Gasteiger partial charge is 0.301 e. The van der Waals surface area contributed by atoms with Crippen molar-refractivity contribution in [3.05, 3.63) is 0 Å². The monoisotopic (exact) mass is 393 g/mol. The summed E-state index contributed by atoms with van der Waals surface area (Å²) in [7, 11) is 0. The molecule has 0 aromatic heterocycles. The van der Waals surface area contributed by atoms with Gasteiger partial charge in [0.15, 0.2) is 0 Å². The van der Waals surface area contributed by atoms with Gasteiger partial charge in [-0.3, -0.25) is 4.90 Å². The molecule has 3 heteroatoms. The van der Waals surface area contributed by atoms with Gasteiger partial charge in [-0.2, -0.15) is 0 Å². The molecular formula is C25H51N3. The standard InChI is InChI=1S/C25H51N3/c1-5-12-24(13-6-2)28-20-18-26(19-21-28)15-9-7-8-10-16-27-17-11-14-25(27)22-23(3)4/h23-25H,5-22H2,1-4H3/t25-/m0/s1. The molecule has 0 unspecified atom stereocenters. The molecule has 2 fully saturated rings. The number of nitrogens with zero attached hydrogens (tertiary/aromatic N) is 3. The van der Waals surface area contributed by atoms with Crippen LogP contribution in [0.15, 0.2) is 0 Å². The van der Waals surface area contributed by atoms with Gasteiger partial charge in [-0.15, -0.1) is 0 Å². The number of hydrogen-bond donors (Lipinski definition) is 0. The van der Waals surface area contributed by atoms with Crippen LogP contribution >= 0.6 is 0 Å². The Morgan fingerprint density at radius 3 is 2.04 bits per heavy atom. The van der Waals surface area contributed by atoms with Crippen molar-refractivity contribution < 1.29 is 0 Å². The van der Waals surface area contributed by atoms with Gasteiger partial charge in [0.05, 0.1) is 0 Å². The second-order valence-corrected chi connectivity index (χ2v) is 9.98. The molecule has 2 saturated heterocycles. The molecule has 0 saturated carbocycles. The summed E-state index contributed by atoms with van der Waals surface area (Å²) in [6, 6.07) is 1.74. The SMILES string of the molecule is CCCC(CCC)N1CCN(CCCCCCN2CCC[C@H]2CC(C)C)CC1. The maximum absolute atomic E-state index is 2.79. The van der Waals surface area contributed by atoms with Crippen molar-refractivity contribution in [3.63, 3.8) is 0 Å². The van der Waals surface area contributed by atoms with Gasteiger partial charge >= 0.3 is 0 Å². The number of unbranched alkanes of at least 4 members (excludes halogenated alkanes) is 3. The minimum Gasteiger partial charge on any atom is -0.301 e. The highest BCUT2D eigenvalue weighted by Crippen LogP contribution is 2.24. The van der Waals surface area contributed by atoms with Gasteiger partial charge in [-0.25, -0.2) is 0 Å². The maximum atomic E-state index is 2.79. The minimum atomic E-state index is 0.849. The first kappa shape index (κ1) is 24.2. The highest BCUT2D eigenvalue weighted by Gasteiger charge is 2.24. The number of hydrogen-bond acceptors (Lipinski definition) is 3. The van der Waals surface area contributed by atoms with Crippen molar-refractivity contribution in [3.8, 4) is 0 Å². The number of rotatable bonds is 14. The molecule has 2 aliphatic heterocycles. The van der Waals surface area contributed by atoms with E-state index in [1.54, 1.807) is 0 Å². The third-order valence-corrected chi connectivity index (χ3v) is 7.08. The summed E-state index contributed by atoms with van der Waals surface area (Å²) in [6.07, 6.45) is 15.4. The highest BCUT2D eigenvalue weighted by atomic mass is 15.3. The number of likely N-dealkylation sites (tertiary alicyclic amines) is 1. The fourth-order valence-electron chi connectivity index (χ4n) is 5.53. The summed E-state index contributed by atoms with van der Waals surface area (Å²) in [5.74, 6) is 0.852. The first-order valence-corrected chi connectivity index (χ1v) is 12.8. The second kappa shape index (κ2) is 14.0. The molecule has 0 amide bonds. The molecule has 0 spiro atoms. The summed E-state index contributed by atoms with van der Waals surface area (Å²) in [5, 5.41) is 0. The molecule has 0 aliphatic carbocycles. The Hall–Kier alpha value is -0.120. The molecule has 0 N–H and O–H groups in total. The topological polar surface area (TPSA) is 9.72 Å². The predicted molar refractivity (Wildman–Crippen MR) is 124 cm³/mol. The van der Waals surface area contributed by atoms with Crippen LogP contribution in [-0.4, -0.2) is 72.6 Å². The molecule has 0 aromatic carbocycles. The molecule has 0 aromatic rings. The van der Waals surface area contributed by atoms with E-state index in [1.165, 1.54) is 116 Å². The van der Waals surface area contributed by atoms with Crippen LogP contribution in [0.2, 0.25) is 0 Å². The van der Waals surface area contributed by atoms with Crippen molar-refractivity contribution in [2.45, 2.75) is 110 Å². The molecule has 2 heterocycles. The van der Waals surface area contributed by atoms with Crippen LogP contribution in [0.25, 0.3) is 0 Å². The summed E-state index contributed by atoms with van der Waals surface area (Å²) < 4.78 is 0. The van der Waals surface area contributed by atoms with Crippen LogP contribution in [-0.2, 0) is 0 Å². The Morgan fingerprint density at radius 1 is 0.786 bits per heavy atom. The van der Waals surface area contributed by atoms with Crippen LogP contribution in [0.4, 0.5) is 0 Å². The lowest BCUT2D eigenvalue weighted by Crippen LogP contribution is -2.50. The van der Waals surface area contributed by atoms with Gasteiger partial charge in [0.2, 0.25) is 0 Å². The van der Waals surface area contributed by atoms with E-state index in [0.29, 0.717) is 0 Å². The lowest BCUT2D eigenvalue weighted by molar-refractivity contribution is 0.0863. The van der Waals surface area contributed by atoms with Crippen LogP contribution < -0.4 is 0 Å². The van der Waals surface area contributed by atoms with Gasteiger partial charge < -0.3 is 9.80 Å². The predicted octanol–water partition coefficient (Wildman–Crippen LogP) is 5.64. The van der Waals surface area contributed by atoms with E-state index in [2.05, 4.69) is 42.4 Å². The zero-order chi connectivity index (χ0) is 20.2. The van der Waals surface area contributed by atoms with Gasteiger partial charge in [0.25, 0.3) is 0 Å². The van der Waals surface area contributed by atoms with E-state index in [4.69, 9.17) is 0 Å². The highest BCUT2D eigenvalue weighted by molar-refractivity contribution is 4.80. The quantitative estimate of drug-likeness (QED) is 0.353. The Balaban J connectivity index is 1.50. The van der Waals surface area contributed by atoms with Gasteiger partial charge in [0.1, 0.15) is 0 Å². The first-order chi connectivity index (χ1) is 13.6. The zero-order valence-corrected chi connectivity index (χ0v) is 19.8. The molecule has 166 valence electrons. The van der Waals surface area contributed by atoms with Crippen LogP contribution in [0, 0.1) is 5.92 Å². The Labute approximate surface area is 177 Å². The summed E-state index contributed by atoms with van der Waals surface area (Å²) in [6.45, 7) is 18.7. The molecule has 28 heavy (non-hydrogen) atoms. The smallest absolute Gasteiger partial charge is 0.0113 e. The van der Waals surface area contributed by atoms with E-state index in [9.17, 15) is 0 Å². The van der Waals surface area contributed by atoms with Crippen molar-refractivity contribution in [2.75, 3.05) is 45.8 Å². The van der Waals surface area contributed by atoms with Gasteiger partial charge in [-0.1, -0.05) is 53.4 Å². The normalized spacial score (nSPS) is 22.7. The fraction of sp³-hybridized carbons (Fsp3) is 1.00. The van der Waals surface area contributed by atoms with Crippen molar-refractivity contribution in [2.24, 2.45) is 5.92 Å². The van der Waals surface area contributed by atoms with Crippen LogP contribution in [0.5, 0.6) is 0 Å². The molecule has 2 aliphatic rings. The maximum Gasteiger partial charge on any atom is 0.0113 e. The third kappa shape index (κ3) is 8.71.